The minimum atomic E-state index is -3.86. The summed E-state index contributed by atoms with van der Waals surface area (Å²) in [6, 6.07) is 12.6. The van der Waals surface area contributed by atoms with E-state index in [9.17, 15) is 18.0 Å². The number of amides is 2. The Morgan fingerprint density at radius 3 is 2.76 bits per heavy atom. The maximum absolute atomic E-state index is 13.0. The third kappa shape index (κ3) is 4.03. The van der Waals surface area contributed by atoms with E-state index in [1.807, 2.05) is 18.2 Å². The van der Waals surface area contributed by atoms with Gasteiger partial charge in [0.2, 0.25) is 21.8 Å². The zero-order valence-corrected chi connectivity index (χ0v) is 17.6. The summed E-state index contributed by atoms with van der Waals surface area (Å²) in [6.07, 6.45) is 0.764. The van der Waals surface area contributed by atoms with Crippen LogP contribution in [-0.2, 0) is 32.6 Å². The van der Waals surface area contributed by atoms with Crippen LogP contribution in [0.1, 0.15) is 11.1 Å². The average Bonchev–Trinajstić information content (AvgIpc) is 2.72. The van der Waals surface area contributed by atoms with Crippen LogP contribution >= 0.6 is 11.8 Å². The topological polar surface area (TPSA) is 86.8 Å². The number of nitrogens with zero attached hydrogens (tertiary/aromatic N) is 2. The molecule has 0 aliphatic carbocycles. The van der Waals surface area contributed by atoms with Gasteiger partial charge in [0.1, 0.15) is 0 Å². The van der Waals surface area contributed by atoms with Crippen molar-refractivity contribution in [2.75, 3.05) is 31.2 Å². The number of rotatable bonds is 4. The summed E-state index contributed by atoms with van der Waals surface area (Å²) in [6.45, 7) is 0.833. The van der Waals surface area contributed by atoms with E-state index in [1.54, 1.807) is 11.0 Å². The summed E-state index contributed by atoms with van der Waals surface area (Å²) in [7, 11) is -2.46. The van der Waals surface area contributed by atoms with Crippen LogP contribution in [0.15, 0.2) is 52.3 Å². The molecular formula is C20H21N3O4S2. The summed E-state index contributed by atoms with van der Waals surface area (Å²) in [5.74, 6) is -0.0784. The Kier molecular flexibility index (Phi) is 5.37. The first-order valence-electron chi connectivity index (χ1n) is 9.22. The van der Waals surface area contributed by atoms with Gasteiger partial charge < -0.3 is 10.2 Å². The quantitative estimate of drug-likeness (QED) is 0.800. The smallest absolute Gasteiger partial charge is 0.243 e. The van der Waals surface area contributed by atoms with E-state index in [4.69, 9.17) is 0 Å². The molecule has 2 aliphatic rings. The molecule has 4 rings (SSSR count). The van der Waals surface area contributed by atoms with Crippen molar-refractivity contribution in [3.63, 3.8) is 0 Å². The predicted molar refractivity (Wildman–Crippen MR) is 111 cm³/mol. The van der Waals surface area contributed by atoms with Crippen molar-refractivity contribution in [2.45, 2.75) is 22.8 Å². The number of nitrogens with one attached hydrogen (secondary N) is 1. The molecule has 2 heterocycles. The fraction of sp³-hybridized carbons (Fsp3) is 0.300. The molecular weight excluding hydrogens is 410 g/mol. The lowest BCUT2D eigenvalue weighted by atomic mass is 10.00. The summed E-state index contributed by atoms with van der Waals surface area (Å²) in [4.78, 5) is 26.9. The van der Waals surface area contributed by atoms with E-state index in [1.165, 1.54) is 36.5 Å². The summed E-state index contributed by atoms with van der Waals surface area (Å²) >= 11 is 1.37. The van der Waals surface area contributed by atoms with Gasteiger partial charge in [-0.25, -0.2) is 8.42 Å². The summed E-state index contributed by atoms with van der Waals surface area (Å²) in [5, 5.41) is 2.70. The summed E-state index contributed by atoms with van der Waals surface area (Å²) < 4.78 is 27.0. The zero-order valence-electron chi connectivity index (χ0n) is 15.9. The van der Waals surface area contributed by atoms with Crippen LogP contribution < -0.4 is 5.32 Å². The largest absolute Gasteiger partial charge is 0.337 e. The van der Waals surface area contributed by atoms with Gasteiger partial charge in [-0.1, -0.05) is 24.3 Å². The van der Waals surface area contributed by atoms with Gasteiger partial charge in [0, 0.05) is 25.0 Å². The number of thioether (sulfide) groups is 1. The van der Waals surface area contributed by atoms with Crippen LogP contribution in [0.2, 0.25) is 0 Å². The van der Waals surface area contributed by atoms with Gasteiger partial charge in [0.25, 0.3) is 0 Å². The Balaban J connectivity index is 1.48. The number of fused-ring (bicyclic) bond motifs is 2. The van der Waals surface area contributed by atoms with Gasteiger partial charge in [-0.3, -0.25) is 9.59 Å². The maximum Gasteiger partial charge on any atom is 0.243 e. The fourth-order valence-corrected chi connectivity index (χ4v) is 5.42. The molecule has 2 aliphatic heterocycles. The van der Waals surface area contributed by atoms with Gasteiger partial charge in [-0.05, 0) is 35.7 Å². The van der Waals surface area contributed by atoms with Crippen LogP contribution in [0.5, 0.6) is 0 Å². The Hall–Kier alpha value is -2.36. The third-order valence-corrected chi connectivity index (χ3v) is 8.01. The highest BCUT2D eigenvalue weighted by Gasteiger charge is 2.28. The minimum absolute atomic E-state index is 0.0540. The Morgan fingerprint density at radius 2 is 1.97 bits per heavy atom. The lowest BCUT2D eigenvalue weighted by Gasteiger charge is -2.30. The molecule has 2 amide bonds. The molecule has 2 aromatic rings. The predicted octanol–water partition coefficient (Wildman–Crippen LogP) is 1.94. The molecule has 1 N–H and O–H groups in total. The molecule has 2 aromatic carbocycles. The molecule has 0 unspecified atom stereocenters. The third-order valence-electron chi connectivity index (χ3n) is 5.13. The van der Waals surface area contributed by atoms with Crippen molar-refractivity contribution < 1.29 is 18.0 Å². The Bertz CT molecular complexity index is 1080. The van der Waals surface area contributed by atoms with Gasteiger partial charge in [-0.15, -0.1) is 11.8 Å². The molecule has 0 atom stereocenters. The number of anilines is 1. The van der Waals surface area contributed by atoms with Crippen LogP contribution in [0.4, 0.5) is 5.69 Å². The van der Waals surface area contributed by atoms with E-state index >= 15 is 0 Å². The van der Waals surface area contributed by atoms with Gasteiger partial charge in [-0.2, -0.15) is 4.31 Å². The minimum Gasteiger partial charge on any atom is -0.337 e. The average molecular weight is 432 g/mol. The number of carbonyl (C=O) groups excluding carboxylic acids is 2. The number of sulfonamides is 1. The first-order chi connectivity index (χ1) is 13.8. The molecule has 152 valence electrons. The van der Waals surface area contributed by atoms with Crippen LogP contribution in [0.25, 0.3) is 0 Å². The van der Waals surface area contributed by atoms with Crippen LogP contribution in [-0.4, -0.2) is 55.3 Å². The maximum atomic E-state index is 13.0. The SMILES string of the molecule is CN(CC(=O)N1CCc2ccccc2C1)S(=O)(=O)c1ccc2c(c1)NC(=O)CS2. The van der Waals surface area contributed by atoms with Gasteiger partial charge >= 0.3 is 0 Å². The fourth-order valence-electron chi connectivity index (χ4n) is 3.49. The first-order valence-corrected chi connectivity index (χ1v) is 11.6. The second-order valence-electron chi connectivity index (χ2n) is 7.09. The molecule has 0 fully saturated rings. The molecule has 9 heteroatoms. The van der Waals surface area contributed by atoms with E-state index in [0.29, 0.717) is 24.5 Å². The van der Waals surface area contributed by atoms with Crippen LogP contribution in [0.3, 0.4) is 0 Å². The molecule has 0 radical (unpaired) electrons. The molecule has 0 spiro atoms. The lowest BCUT2D eigenvalue weighted by molar-refractivity contribution is -0.132. The van der Waals surface area contributed by atoms with E-state index in [0.717, 1.165) is 21.2 Å². The van der Waals surface area contributed by atoms with E-state index in [2.05, 4.69) is 11.4 Å². The monoisotopic (exact) mass is 431 g/mol. The Labute approximate surface area is 174 Å². The van der Waals surface area contributed by atoms with Crippen molar-refractivity contribution >= 4 is 39.3 Å². The van der Waals surface area contributed by atoms with Crippen molar-refractivity contribution in [3.05, 3.63) is 53.6 Å². The Morgan fingerprint density at radius 1 is 1.21 bits per heavy atom. The second-order valence-corrected chi connectivity index (χ2v) is 10.2. The number of benzene rings is 2. The number of carbonyl (C=O) groups is 2. The molecule has 0 saturated heterocycles. The van der Waals surface area contributed by atoms with Crippen LogP contribution in [0, 0.1) is 0 Å². The molecule has 29 heavy (non-hydrogen) atoms. The zero-order chi connectivity index (χ0) is 20.6. The van der Waals surface area contributed by atoms with E-state index < -0.39 is 10.0 Å². The summed E-state index contributed by atoms with van der Waals surface area (Å²) in [5.41, 5.74) is 2.81. The van der Waals surface area contributed by atoms with Crippen molar-refractivity contribution in [1.29, 1.82) is 0 Å². The highest BCUT2D eigenvalue weighted by atomic mass is 32.2. The molecule has 7 nitrogen and oxygen atoms in total. The number of hydrogen-bond acceptors (Lipinski definition) is 5. The molecule has 0 aromatic heterocycles. The lowest BCUT2D eigenvalue weighted by Crippen LogP contribution is -2.43. The first kappa shape index (κ1) is 19.9. The number of hydrogen-bond donors (Lipinski definition) is 1. The molecule has 0 bridgehead atoms. The second kappa shape index (κ2) is 7.81. The number of likely N-dealkylation sites (N-methyl/N-ethyl adjacent to an activating group) is 1. The van der Waals surface area contributed by atoms with Crippen molar-refractivity contribution in [1.82, 2.24) is 9.21 Å². The van der Waals surface area contributed by atoms with E-state index in [-0.39, 0.29) is 23.3 Å². The van der Waals surface area contributed by atoms with Gasteiger partial charge in [0.05, 0.1) is 22.9 Å². The van der Waals surface area contributed by atoms with Gasteiger partial charge in [0.15, 0.2) is 0 Å². The van der Waals surface area contributed by atoms with Crippen molar-refractivity contribution in [2.24, 2.45) is 0 Å². The highest BCUT2D eigenvalue weighted by molar-refractivity contribution is 8.00. The normalized spacial score (nSPS) is 16.2. The highest BCUT2D eigenvalue weighted by Crippen LogP contribution is 2.33. The standard InChI is InChI=1S/C20H21N3O4S2/c1-22(12-20(25)23-9-8-14-4-2-3-5-15(14)11-23)29(26,27)16-6-7-18-17(10-16)21-19(24)13-28-18/h2-7,10H,8-9,11-13H2,1H3,(H,21,24). The molecule has 0 saturated carbocycles. The van der Waals surface area contributed by atoms with Crippen molar-refractivity contribution in [3.8, 4) is 0 Å².